The molecule has 0 aliphatic heterocycles. The van der Waals surface area contributed by atoms with E-state index in [1.165, 1.54) is 0 Å². The van der Waals surface area contributed by atoms with Crippen molar-refractivity contribution in [2.24, 2.45) is 0 Å². The Balaban J connectivity index is -0.0000000226. The van der Waals surface area contributed by atoms with E-state index in [0.717, 1.165) is 12.8 Å². The quantitative estimate of drug-likeness (QED) is 0.436. The van der Waals surface area contributed by atoms with Crippen molar-refractivity contribution in [3.05, 3.63) is 25.3 Å². The Kier molecular flexibility index (Phi) is 207. The maximum Gasteiger partial charge on any atom is 0 e. The molecule has 0 rings (SSSR count). The average Bonchev–Trinajstić information content (AvgIpc) is 2.23. The van der Waals surface area contributed by atoms with E-state index >= 15 is 0 Å². The molecule has 0 aromatic rings. The molecular formula is C8H16MoN2O2-6. The molecule has 0 aromatic carbocycles. The van der Waals surface area contributed by atoms with Gasteiger partial charge in [0.2, 0.25) is 0 Å². The smallest absolute Gasteiger partial charge is 0 e. The van der Waals surface area contributed by atoms with E-state index in [9.17, 15) is 0 Å². The van der Waals surface area contributed by atoms with Gasteiger partial charge in [0, 0.05) is 21.1 Å². The van der Waals surface area contributed by atoms with Gasteiger partial charge in [0.15, 0.2) is 0 Å². The molecule has 0 atom stereocenters. The number of nitrogens with one attached hydrogen (secondary N) is 2. The molecule has 0 spiro atoms. The fourth-order valence-electron chi connectivity index (χ4n) is 0. The molecule has 5 heteroatoms. The van der Waals surface area contributed by atoms with Gasteiger partial charge in [-0.05, 0) is 0 Å². The molecule has 0 aliphatic carbocycles. The summed E-state index contributed by atoms with van der Waals surface area (Å²) in [4.78, 5) is 15.5. The molecule has 0 radical (unpaired) electrons. The Labute approximate surface area is 95.7 Å². The third-order valence-corrected chi connectivity index (χ3v) is 0.354. The maximum absolute atomic E-state index is 7.75. The van der Waals surface area contributed by atoms with Crippen LogP contribution in [0.4, 0.5) is 0 Å². The van der Waals surface area contributed by atoms with E-state index in [1.807, 2.05) is 0 Å². The Bertz CT molecular complexity index is 41.1. The molecule has 0 fully saturated rings. The van der Waals surface area contributed by atoms with Crippen LogP contribution in [0.25, 0.3) is 11.5 Å². The fraction of sp³-hybridized carbons (Fsp3) is 0.500. The summed E-state index contributed by atoms with van der Waals surface area (Å²) in [5, 5.41) is 0. The molecule has 0 aliphatic rings. The summed E-state index contributed by atoms with van der Waals surface area (Å²) >= 11 is 0. The summed E-state index contributed by atoms with van der Waals surface area (Å²) in [7, 11) is 0. The van der Waals surface area contributed by atoms with Gasteiger partial charge in [-0.3, -0.25) is 13.6 Å². The number of rotatable bonds is 2. The minimum Gasteiger partial charge on any atom is -0.679 e. The van der Waals surface area contributed by atoms with Gasteiger partial charge in [-0.15, -0.1) is 0 Å². The summed E-state index contributed by atoms with van der Waals surface area (Å²) < 4.78 is 0. The normalized spacial score (nSPS) is 5.23. The van der Waals surface area contributed by atoms with Gasteiger partial charge in [0.25, 0.3) is 0 Å². The van der Waals surface area contributed by atoms with Crippen LogP contribution in [-0.2, 0) is 30.7 Å². The van der Waals surface area contributed by atoms with Gasteiger partial charge in [-0.25, -0.2) is 12.8 Å². The zero-order valence-corrected chi connectivity index (χ0v) is 9.63. The molecular weight excluding hydrogens is 252 g/mol. The zero-order chi connectivity index (χ0) is 10.8. The Morgan fingerprint density at radius 2 is 0.923 bits per heavy atom. The second-order valence-electron chi connectivity index (χ2n) is 1.21. The van der Waals surface area contributed by atoms with E-state index in [-0.39, 0.29) is 21.1 Å². The van der Waals surface area contributed by atoms with Crippen molar-refractivity contribution >= 4 is 13.6 Å². The molecule has 0 bridgehead atoms. The van der Waals surface area contributed by atoms with Gasteiger partial charge in [0.05, 0.1) is 0 Å². The van der Waals surface area contributed by atoms with Crippen LogP contribution in [0.5, 0.6) is 0 Å². The predicted molar refractivity (Wildman–Crippen MR) is 51.8 cm³/mol. The van der Waals surface area contributed by atoms with E-state index < -0.39 is 0 Å². The van der Waals surface area contributed by atoms with Crippen molar-refractivity contribution in [3.8, 4) is 0 Å². The van der Waals surface area contributed by atoms with Crippen molar-refractivity contribution in [2.45, 2.75) is 12.8 Å². The first-order valence-electron chi connectivity index (χ1n) is 3.18. The van der Waals surface area contributed by atoms with Crippen LogP contribution in [0, 0.1) is 13.8 Å². The van der Waals surface area contributed by atoms with E-state index in [2.05, 4.69) is 27.4 Å². The predicted octanol–water partition coefficient (Wildman–Crippen LogP) is 1.97. The molecule has 0 saturated carbocycles. The largest absolute Gasteiger partial charge is 0.679 e. The minimum atomic E-state index is 0. The third kappa shape index (κ3) is 312. The number of hydrogen-bond donors (Lipinski definition) is 0. The molecule has 82 valence electrons. The molecule has 0 aromatic heterocycles. The van der Waals surface area contributed by atoms with Crippen LogP contribution in [0.2, 0.25) is 0 Å². The van der Waals surface area contributed by atoms with Gasteiger partial charge < -0.3 is 34.9 Å². The van der Waals surface area contributed by atoms with Crippen molar-refractivity contribution in [1.82, 2.24) is 0 Å². The Hall–Kier alpha value is -0.0517. The van der Waals surface area contributed by atoms with Gasteiger partial charge >= 0.3 is 0 Å². The molecule has 0 amide bonds. The number of carbonyl (C=O) groups excluding carboxylic acids is 2. The second kappa shape index (κ2) is 91.9. The van der Waals surface area contributed by atoms with Crippen molar-refractivity contribution in [3.63, 3.8) is 0 Å². The summed E-state index contributed by atoms with van der Waals surface area (Å²) in [5.74, 6) is 0. The monoisotopic (exact) mass is 270 g/mol. The minimum absolute atomic E-state index is 0. The summed E-state index contributed by atoms with van der Waals surface area (Å²) in [5.41, 5.74) is 12.8. The van der Waals surface area contributed by atoms with Crippen molar-refractivity contribution in [2.75, 3.05) is 13.1 Å². The van der Waals surface area contributed by atoms with Crippen LogP contribution in [-0.4, -0.2) is 26.7 Å². The summed E-state index contributed by atoms with van der Waals surface area (Å²) in [6, 6.07) is 0. The maximum atomic E-state index is 7.75. The molecule has 13 heavy (non-hydrogen) atoms. The Morgan fingerprint density at radius 3 is 0.923 bits per heavy atom. The first-order chi connectivity index (χ1) is 5.83. The van der Waals surface area contributed by atoms with Crippen LogP contribution in [0.1, 0.15) is 12.8 Å². The SMILES string of the molecule is [CH-]=O.[CH-]=O.[CH2-]CC[NH-].[CH2-]CC[NH-].[Mo]. The summed E-state index contributed by atoms with van der Waals surface area (Å²) in [6.07, 6.45) is 1.47. The molecule has 0 heterocycles. The first kappa shape index (κ1) is 29.3. The zero-order valence-electron chi connectivity index (χ0n) is 7.62. The summed E-state index contributed by atoms with van der Waals surface area (Å²) in [6.45, 7) is 14.2. The molecule has 2 N–H and O–H groups in total. The van der Waals surface area contributed by atoms with Crippen molar-refractivity contribution in [1.29, 1.82) is 0 Å². The standard InChI is InChI=1S/2C3H7N.2CHO.Mo/c2*1-2-3-4;2*1-2;/h2*4H,1-3H2;2*1H;/q2*-2;2*-1;. The van der Waals surface area contributed by atoms with E-state index in [0.29, 0.717) is 13.1 Å². The van der Waals surface area contributed by atoms with Crippen molar-refractivity contribution < 1.29 is 30.7 Å². The van der Waals surface area contributed by atoms with Gasteiger partial charge in [-0.2, -0.15) is 13.1 Å². The van der Waals surface area contributed by atoms with Crippen LogP contribution >= 0.6 is 0 Å². The van der Waals surface area contributed by atoms with Crippen LogP contribution < -0.4 is 0 Å². The van der Waals surface area contributed by atoms with Gasteiger partial charge in [-0.1, -0.05) is 0 Å². The Morgan fingerprint density at radius 1 is 0.846 bits per heavy atom. The first-order valence-corrected chi connectivity index (χ1v) is 3.18. The van der Waals surface area contributed by atoms with Gasteiger partial charge in [0.1, 0.15) is 0 Å². The molecule has 0 saturated heterocycles. The second-order valence-corrected chi connectivity index (χ2v) is 1.21. The van der Waals surface area contributed by atoms with Crippen LogP contribution in [0.3, 0.4) is 0 Å². The molecule has 0 unspecified atom stereocenters. The van der Waals surface area contributed by atoms with E-state index in [4.69, 9.17) is 21.1 Å². The third-order valence-electron chi connectivity index (χ3n) is 0.354. The fourth-order valence-corrected chi connectivity index (χ4v) is 0. The molecule has 4 nitrogen and oxygen atoms in total. The average molecular weight is 268 g/mol. The topological polar surface area (TPSA) is 81.7 Å². The van der Waals surface area contributed by atoms with E-state index in [1.54, 1.807) is 0 Å². The van der Waals surface area contributed by atoms with Crippen LogP contribution in [0.15, 0.2) is 0 Å². The number of hydrogen-bond acceptors (Lipinski definition) is 2.